The molecule has 2 aromatic rings. The molecule has 0 saturated heterocycles. The summed E-state index contributed by atoms with van der Waals surface area (Å²) in [5.41, 5.74) is 1.21. The largest absolute Gasteiger partial charge is 0.497 e. The molecule has 0 unspecified atom stereocenters. The number of amides is 1. The van der Waals surface area contributed by atoms with Crippen molar-refractivity contribution in [1.29, 1.82) is 0 Å². The number of carbonyl (C=O) groups is 1. The first-order chi connectivity index (χ1) is 11.2. The van der Waals surface area contributed by atoms with Crippen LogP contribution in [0.3, 0.4) is 0 Å². The molecule has 1 saturated carbocycles. The summed E-state index contributed by atoms with van der Waals surface area (Å²) in [7, 11) is 1.60. The van der Waals surface area contributed by atoms with Gasteiger partial charge in [-0.05, 0) is 49.1 Å². The van der Waals surface area contributed by atoms with E-state index >= 15 is 0 Å². The smallest absolute Gasteiger partial charge is 0.267 e. The summed E-state index contributed by atoms with van der Waals surface area (Å²) in [4.78, 5) is 23.8. The first-order valence-corrected chi connectivity index (χ1v) is 7.65. The van der Waals surface area contributed by atoms with E-state index < -0.39 is 0 Å². The lowest BCUT2D eigenvalue weighted by Crippen LogP contribution is -2.34. The third-order valence-corrected chi connectivity index (χ3v) is 3.83. The van der Waals surface area contributed by atoms with Crippen LogP contribution in [-0.2, 0) is 11.3 Å². The van der Waals surface area contributed by atoms with Gasteiger partial charge in [0.25, 0.3) is 5.56 Å². The number of nitrogens with one attached hydrogen (secondary N) is 1. The van der Waals surface area contributed by atoms with Gasteiger partial charge in [-0.25, -0.2) is 4.68 Å². The maximum atomic E-state index is 11.9. The minimum absolute atomic E-state index is 0.0600. The van der Waals surface area contributed by atoms with E-state index in [0.717, 1.165) is 11.3 Å². The molecule has 6 nitrogen and oxygen atoms in total. The van der Waals surface area contributed by atoms with Gasteiger partial charge in [-0.15, -0.1) is 0 Å². The molecule has 1 N–H and O–H groups in total. The second kappa shape index (κ2) is 6.64. The highest BCUT2D eigenvalue weighted by Gasteiger charge is 2.21. The lowest BCUT2D eigenvalue weighted by Gasteiger charge is -2.08. The first-order valence-electron chi connectivity index (χ1n) is 7.65. The monoisotopic (exact) mass is 313 g/mol. The van der Waals surface area contributed by atoms with Gasteiger partial charge in [-0.1, -0.05) is 0 Å². The zero-order valence-electron chi connectivity index (χ0n) is 13.0. The quantitative estimate of drug-likeness (QED) is 0.876. The van der Waals surface area contributed by atoms with Gasteiger partial charge in [0.1, 0.15) is 12.3 Å². The molecule has 1 aromatic heterocycles. The molecule has 0 radical (unpaired) electrons. The van der Waals surface area contributed by atoms with Crippen molar-refractivity contribution in [3.63, 3.8) is 0 Å². The topological polar surface area (TPSA) is 73.2 Å². The van der Waals surface area contributed by atoms with Crippen LogP contribution < -0.4 is 15.6 Å². The fraction of sp³-hybridized carbons (Fsp3) is 0.353. The third kappa shape index (κ3) is 3.97. The summed E-state index contributed by atoms with van der Waals surface area (Å²) in [5.74, 6) is 1.18. The summed E-state index contributed by atoms with van der Waals surface area (Å²) in [6.45, 7) is 0.626. The van der Waals surface area contributed by atoms with Crippen molar-refractivity contribution >= 4 is 5.91 Å². The van der Waals surface area contributed by atoms with Crippen LogP contribution in [0.5, 0.6) is 5.75 Å². The van der Waals surface area contributed by atoms with Crippen molar-refractivity contribution in [2.45, 2.75) is 19.4 Å². The number of hydrogen-bond acceptors (Lipinski definition) is 4. The molecule has 1 aliphatic rings. The van der Waals surface area contributed by atoms with Crippen LogP contribution in [-0.4, -0.2) is 29.3 Å². The van der Waals surface area contributed by atoms with E-state index in [1.807, 2.05) is 24.3 Å². The molecule has 23 heavy (non-hydrogen) atoms. The highest BCUT2D eigenvalue weighted by atomic mass is 16.5. The Morgan fingerprint density at radius 3 is 2.65 bits per heavy atom. The van der Waals surface area contributed by atoms with Gasteiger partial charge in [0.2, 0.25) is 5.91 Å². The van der Waals surface area contributed by atoms with Gasteiger partial charge >= 0.3 is 0 Å². The van der Waals surface area contributed by atoms with Crippen LogP contribution >= 0.6 is 0 Å². The van der Waals surface area contributed by atoms with Crippen molar-refractivity contribution in [2.75, 3.05) is 13.7 Å². The van der Waals surface area contributed by atoms with E-state index in [1.54, 1.807) is 13.2 Å². The van der Waals surface area contributed by atoms with Crippen molar-refractivity contribution < 1.29 is 9.53 Å². The Bertz CT molecular complexity index is 748. The molecular weight excluding hydrogens is 294 g/mol. The molecule has 0 aliphatic heterocycles. The number of methoxy groups -OCH3 is 1. The van der Waals surface area contributed by atoms with Crippen LogP contribution in [0, 0.1) is 5.92 Å². The molecule has 1 fully saturated rings. The summed E-state index contributed by atoms with van der Waals surface area (Å²) < 4.78 is 6.32. The first kappa shape index (κ1) is 15.3. The summed E-state index contributed by atoms with van der Waals surface area (Å²) in [5, 5.41) is 7.12. The van der Waals surface area contributed by atoms with Crippen molar-refractivity contribution in [3.8, 4) is 17.0 Å². The Kier molecular flexibility index (Phi) is 4.41. The normalized spacial score (nSPS) is 13.6. The molecule has 1 aliphatic carbocycles. The van der Waals surface area contributed by atoms with Crippen LogP contribution in [0.25, 0.3) is 11.3 Å². The van der Waals surface area contributed by atoms with E-state index in [2.05, 4.69) is 10.4 Å². The molecule has 0 spiro atoms. The van der Waals surface area contributed by atoms with E-state index in [4.69, 9.17) is 4.74 Å². The Balaban J connectivity index is 1.74. The van der Waals surface area contributed by atoms with Gasteiger partial charge in [0.15, 0.2) is 0 Å². The molecule has 1 aromatic carbocycles. The van der Waals surface area contributed by atoms with E-state index in [-0.39, 0.29) is 18.0 Å². The number of aromatic nitrogens is 2. The number of nitrogens with zero attached hydrogens (tertiary/aromatic N) is 2. The Labute approximate surface area is 134 Å². The zero-order valence-corrected chi connectivity index (χ0v) is 13.0. The lowest BCUT2D eigenvalue weighted by molar-refractivity contribution is -0.121. The number of carbonyl (C=O) groups excluding carboxylic acids is 1. The minimum atomic E-state index is -0.288. The number of hydrogen-bond donors (Lipinski definition) is 1. The second-order valence-electron chi connectivity index (χ2n) is 5.69. The van der Waals surface area contributed by atoms with E-state index in [1.165, 1.54) is 23.6 Å². The van der Waals surface area contributed by atoms with Gasteiger partial charge in [0, 0.05) is 18.2 Å². The van der Waals surface area contributed by atoms with Crippen molar-refractivity contribution in [3.05, 3.63) is 46.8 Å². The van der Waals surface area contributed by atoms with Gasteiger partial charge in [-0.2, -0.15) is 5.10 Å². The maximum absolute atomic E-state index is 11.9. The van der Waals surface area contributed by atoms with Crippen LogP contribution in [0.1, 0.15) is 12.8 Å². The van der Waals surface area contributed by atoms with Gasteiger partial charge in [0.05, 0.1) is 12.8 Å². The highest BCUT2D eigenvalue weighted by Crippen LogP contribution is 2.27. The van der Waals surface area contributed by atoms with Gasteiger partial charge in [-0.3, -0.25) is 9.59 Å². The van der Waals surface area contributed by atoms with Crippen LogP contribution in [0.4, 0.5) is 0 Å². The average Bonchev–Trinajstić information content (AvgIpc) is 3.39. The van der Waals surface area contributed by atoms with Crippen molar-refractivity contribution in [1.82, 2.24) is 15.1 Å². The summed E-state index contributed by atoms with van der Waals surface area (Å²) in [6, 6.07) is 10.5. The van der Waals surface area contributed by atoms with E-state index in [9.17, 15) is 9.59 Å². The fourth-order valence-electron chi connectivity index (χ4n) is 2.25. The predicted molar refractivity (Wildman–Crippen MR) is 86.2 cm³/mol. The summed E-state index contributed by atoms with van der Waals surface area (Å²) >= 11 is 0. The highest BCUT2D eigenvalue weighted by molar-refractivity contribution is 5.75. The molecule has 3 rings (SSSR count). The standard InChI is InChI=1S/C17H19N3O3/c1-23-14-6-4-13(5-7-14)15-8-9-17(22)20(19-15)11-16(21)18-10-12-2-3-12/h4-9,12H,2-3,10-11H2,1H3,(H,18,21). The van der Waals surface area contributed by atoms with Gasteiger partial charge < -0.3 is 10.1 Å². The fourth-order valence-corrected chi connectivity index (χ4v) is 2.25. The molecule has 1 amide bonds. The number of rotatable bonds is 6. The lowest BCUT2D eigenvalue weighted by atomic mass is 10.1. The molecular formula is C17H19N3O3. The molecule has 120 valence electrons. The summed E-state index contributed by atoms with van der Waals surface area (Å²) in [6.07, 6.45) is 2.34. The second-order valence-corrected chi connectivity index (χ2v) is 5.69. The van der Waals surface area contributed by atoms with Crippen LogP contribution in [0.15, 0.2) is 41.2 Å². The minimum Gasteiger partial charge on any atom is -0.497 e. The SMILES string of the molecule is COc1ccc(-c2ccc(=O)n(CC(=O)NCC3CC3)n2)cc1. The molecule has 0 atom stereocenters. The zero-order chi connectivity index (χ0) is 16.2. The average molecular weight is 313 g/mol. The maximum Gasteiger partial charge on any atom is 0.267 e. The Morgan fingerprint density at radius 2 is 2.00 bits per heavy atom. The Morgan fingerprint density at radius 1 is 1.26 bits per heavy atom. The van der Waals surface area contributed by atoms with Crippen LogP contribution in [0.2, 0.25) is 0 Å². The number of benzene rings is 1. The molecule has 1 heterocycles. The third-order valence-electron chi connectivity index (χ3n) is 3.83. The molecule has 0 bridgehead atoms. The predicted octanol–water partition coefficient (Wildman–Crippen LogP) is 1.45. The van der Waals surface area contributed by atoms with Crippen molar-refractivity contribution in [2.24, 2.45) is 5.92 Å². The number of ether oxygens (including phenoxy) is 1. The molecule has 6 heteroatoms. The Hall–Kier alpha value is -2.63. The van der Waals surface area contributed by atoms with E-state index in [0.29, 0.717) is 18.2 Å².